The van der Waals surface area contributed by atoms with E-state index in [2.05, 4.69) is 48.7 Å². The molecule has 0 bridgehead atoms. The molecule has 0 radical (unpaired) electrons. The lowest BCUT2D eigenvalue weighted by molar-refractivity contribution is -0.143. The van der Waals surface area contributed by atoms with Crippen LogP contribution in [0.5, 0.6) is 0 Å². The molecule has 0 aliphatic heterocycles. The fraction of sp³-hybridized carbons (Fsp3) is 0.700. The number of aryl methyl sites for hydroxylation is 1. The molecule has 3 nitrogen and oxygen atoms in total. The SMILES string of the molecule is CCCCCCCCC=CCCCCCCCCNc1ccc(CCCC(=O)OCC)cc1. The van der Waals surface area contributed by atoms with Gasteiger partial charge in [0.05, 0.1) is 6.61 Å². The van der Waals surface area contributed by atoms with Gasteiger partial charge in [-0.3, -0.25) is 4.79 Å². The minimum Gasteiger partial charge on any atom is -0.466 e. The number of hydrogen-bond acceptors (Lipinski definition) is 3. The Labute approximate surface area is 204 Å². The third kappa shape index (κ3) is 18.4. The first-order chi connectivity index (χ1) is 16.3. The first-order valence-electron chi connectivity index (χ1n) is 13.9. The topological polar surface area (TPSA) is 38.3 Å². The summed E-state index contributed by atoms with van der Waals surface area (Å²) in [6.45, 7) is 5.64. The lowest BCUT2D eigenvalue weighted by atomic mass is 10.1. The second-order valence-corrected chi connectivity index (χ2v) is 9.22. The summed E-state index contributed by atoms with van der Waals surface area (Å²) < 4.78 is 4.97. The zero-order chi connectivity index (χ0) is 23.8. The van der Waals surface area contributed by atoms with Gasteiger partial charge in [-0.25, -0.2) is 0 Å². The lowest BCUT2D eigenvalue weighted by Gasteiger charge is -2.08. The number of anilines is 1. The number of unbranched alkanes of at least 4 members (excludes halogenated alkanes) is 12. The minimum atomic E-state index is -0.0913. The molecule has 1 aromatic carbocycles. The van der Waals surface area contributed by atoms with Gasteiger partial charge in [0.1, 0.15) is 0 Å². The van der Waals surface area contributed by atoms with E-state index in [1.165, 1.54) is 101 Å². The van der Waals surface area contributed by atoms with Crippen molar-refractivity contribution < 1.29 is 9.53 Å². The molecular formula is C30H51NO2. The lowest BCUT2D eigenvalue weighted by Crippen LogP contribution is -2.04. The van der Waals surface area contributed by atoms with E-state index in [1.807, 2.05) is 6.92 Å². The van der Waals surface area contributed by atoms with Crippen molar-refractivity contribution >= 4 is 11.7 Å². The van der Waals surface area contributed by atoms with Crippen LogP contribution in [-0.2, 0) is 16.0 Å². The van der Waals surface area contributed by atoms with E-state index >= 15 is 0 Å². The van der Waals surface area contributed by atoms with E-state index in [4.69, 9.17) is 4.74 Å². The number of benzene rings is 1. The zero-order valence-corrected chi connectivity index (χ0v) is 21.7. The third-order valence-electron chi connectivity index (χ3n) is 6.12. The van der Waals surface area contributed by atoms with E-state index in [1.54, 1.807) is 0 Å². The molecule has 0 aliphatic rings. The summed E-state index contributed by atoms with van der Waals surface area (Å²) in [6, 6.07) is 8.63. The molecule has 0 fully saturated rings. The number of carbonyl (C=O) groups excluding carboxylic acids is 1. The molecule has 33 heavy (non-hydrogen) atoms. The molecular weight excluding hydrogens is 406 g/mol. The molecule has 0 saturated heterocycles. The van der Waals surface area contributed by atoms with Gasteiger partial charge in [-0.2, -0.15) is 0 Å². The van der Waals surface area contributed by atoms with Gasteiger partial charge in [0, 0.05) is 18.7 Å². The molecule has 0 aromatic heterocycles. The highest BCUT2D eigenvalue weighted by Crippen LogP contribution is 2.13. The van der Waals surface area contributed by atoms with Crippen LogP contribution >= 0.6 is 0 Å². The first kappa shape index (κ1) is 29.3. The van der Waals surface area contributed by atoms with E-state index in [9.17, 15) is 4.79 Å². The second-order valence-electron chi connectivity index (χ2n) is 9.22. The average Bonchev–Trinajstić information content (AvgIpc) is 2.82. The largest absolute Gasteiger partial charge is 0.466 e. The van der Waals surface area contributed by atoms with Gasteiger partial charge < -0.3 is 10.1 Å². The van der Waals surface area contributed by atoms with Crippen LogP contribution in [-0.4, -0.2) is 19.1 Å². The molecule has 1 rings (SSSR count). The number of carbonyl (C=O) groups is 1. The Balaban J connectivity index is 1.89. The summed E-state index contributed by atoms with van der Waals surface area (Å²) in [5.74, 6) is -0.0913. The smallest absolute Gasteiger partial charge is 0.305 e. The highest BCUT2D eigenvalue weighted by Gasteiger charge is 2.02. The maximum absolute atomic E-state index is 11.4. The van der Waals surface area contributed by atoms with E-state index in [0.717, 1.165) is 19.4 Å². The van der Waals surface area contributed by atoms with E-state index in [-0.39, 0.29) is 5.97 Å². The third-order valence-corrected chi connectivity index (χ3v) is 6.12. The maximum Gasteiger partial charge on any atom is 0.305 e. The van der Waals surface area contributed by atoms with Crippen molar-refractivity contribution in [2.75, 3.05) is 18.5 Å². The Bertz CT molecular complexity index is 594. The van der Waals surface area contributed by atoms with Crippen LogP contribution in [0.2, 0.25) is 0 Å². The van der Waals surface area contributed by atoms with E-state index in [0.29, 0.717) is 13.0 Å². The molecule has 1 aromatic rings. The molecule has 188 valence electrons. The highest BCUT2D eigenvalue weighted by molar-refractivity contribution is 5.69. The van der Waals surface area contributed by atoms with Gasteiger partial charge in [-0.15, -0.1) is 0 Å². The Morgan fingerprint density at radius 3 is 1.94 bits per heavy atom. The van der Waals surface area contributed by atoms with E-state index < -0.39 is 0 Å². The standard InChI is InChI=1S/C30H51NO2/c1-3-5-6-7-8-9-10-11-12-13-14-15-16-17-18-19-27-31-29-25-23-28(24-26-29)21-20-22-30(32)33-4-2/h11-12,23-26,31H,3-10,13-22,27H2,1-2H3. The fourth-order valence-corrected chi connectivity index (χ4v) is 4.06. The minimum absolute atomic E-state index is 0.0913. The molecule has 0 heterocycles. The van der Waals surface area contributed by atoms with Crippen molar-refractivity contribution in [3.05, 3.63) is 42.0 Å². The van der Waals surface area contributed by atoms with Gasteiger partial charge in [-0.1, -0.05) is 89.0 Å². The van der Waals surface area contributed by atoms with Crippen LogP contribution in [0.25, 0.3) is 0 Å². The van der Waals surface area contributed by atoms with Crippen molar-refractivity contribution in [2.45, 2.75) is 123 Å². The number of hydrogen-bond donors (Lipinski definition) is 1. The molecule has 0 atom stereocenters. The fourth-order valence-electron chi connectivity index (χ4n) is 4.06. The summed E-state index contributed by atoms with van der Waals surface area (Å²) in [7, 11) is 0. The van der Waals surface area contributed by atoms with Crippen LogP contribution in [0.15, 0.2) is 36.4 Å². The molecule has 0 saturated carbocycles. The Morgan fingerprint density at radius 2 is 1.33 bits per heavy atom. The summed E-state index contributed by atoms with van der Waals surface area (Å²) in [6.07, 6.45) is 26.0. The number of rotatable bonds is 22. The predicted octanol–water partition coefficient (Wildman–Crippen LogP) is 9.02. The first-order valence-corrected chi connectivity index (χ1v) is 13.9. The van der Waals surface area contributed by atoms with Crippen LogP contribution < -0.4 is 5.32 Å². The maximum atomic E-state index is 11.4. The van der Waals surface area contributed by atoms with Gasteiger partial charge in [0.15, 0.2) is 0 Å². The van der Waals surface area contributed by atoms with Crippen LogP contribution in [0, 0.1) is 0 Å². The number of nitrogens with one attached hydrogen (secondary N) is 1. The summed E-state index contributed by atoms with van der Waals surface area (Å²) in [4.78, 5) is 11.4. The van der Waals surface area contributed by atoms with Crippen molar-refractivity contribution in [1.29, 1.82) is 0 Å². The summed E-state index contributed by atoms with van der Waals surface area (Å²) in [5.41, 5.74) is 2.47. The molecule has 0 amide bonds. The Kier molecular flexibility index (Phi) is 19.5. The zero-order valence-electron chi connectivity index (χ0n) is 21.7. The Morgan fingerprint density at radius 1 is 0.758 bits per heavy atom. The summed E-state index contributed by atoms with van der Waals surface area (Å²) in [5, 5.41) is 3.53. The van der Waals surface area contributed by atoms with Crippen molar-refractivity contribution in [2.24, 2.45) is 0 Å². The van der Waals surface area contributed by atoms with Gasteiger partial charge >= 0.3 is 5.97 Å². The van der Waals surface area contributed by atoms with Crippen molar-refractivity contribution in [1.82, 2.24) is 0 Å². The monoisotopic (exact) mass is 457 g/mol. The normalized spacial score (nSPS) is 11.2. The van der Waals surface area contributed by atoms with Gasteiger partial charge in [-0.05, 0) is 69.6 Å². The van der Waals surface area contributed by atoms with Crippen LogP contribution in [0.3, 0.4) is 0 Å². The average molecular weight is 458 g/mol. The van der Waals surface area contributed by atoms with Crippen LogP contribution in [0.4, 0.5) is 5.69 Å². The van der Waals surface area contributed by atoms with Crippen molar-refractivity contribution in [3.63, 3.8) is 0 Å². The molecule has 3 heteroatoms. The quantitative estimate of drug-likeness (QED) is 0.107. The molecule has 1 N–H and O–H groups in total. The Hall–Kier alpha value is -1.77. The van der Waals surface area contributed by atoms with Crippen LogP contribution in [0.1, 0.15) is 122 Å². The summed E-state index contributed by atoms with van der Waals surface area (Å²) >= 11 is 0. The molecule has 0 unspecified atom stereocenters. The number of ether oxygens (including phenoxy) is 1. The molecule has 0 spiro atoms. The highest BCUT2D eigenvalue weighted by atomic mass is 16.5. The second kappa shape index (κ2) is 22.0. The van der Waals surface area contributed by atoms with Crippen molar-refractivity contribution in [3.8, 4) is 0 Å². The number of esters is 1. The predicted molar refractivity (Wildman–Crippen MR) is 144 cm³/mol. The van der Waals surface area contributed by atoms with Gasteiger partial charge in [0.2, 0.25) is 0 Å². The van der Waals surface area contributed by atoms with Gasteiger partial charge in [0.25, 0.3) is 0 Å². The molecule has 0 aliphatic carbocycles. The number of allylic oxidation sites excluding steroid dienone is 2.